The van der Waals surface area contributed by atoms with Gasteiger partial charge in [-0.3, -0.25) is 4.90 Å². The van der Waals surface area contributed by atoms with E-state index in [9.17, 15) is 0 Å². The van der Waals surface area contributed by atoms with Crippen LogP contribution in [0.4, 0.5) is 0 Å². The van der Waals surface area contributed by atoms with Crippen LogP contribution in [-0.2, 0) is 0 Å². The van der Waals surface area contributed by atoms with Crippen molar-refractivity contribution in [3.05, 3.63) is 0 Å². The summed E-state index contributed by atoms with van der Waals surface area (Å²) >= 11 is 0. The average molecular weight is 216 g/mol. The van der Waals surface area contributed by atoms with Crippen LogP contribution in [-0.4, -0.2) is 60.6 Å². The van der Waals surface area contributed by atoms with Gasteiger partial charge < -0.3 is 15.8 Å². The summed E-state index contributed by atoms with van der Waals surface area (Å²) in [6.07, 6.45) is 1.09. The second-order valence-corrected chi connectivity index (χ2v) is 3.99. The van der Waals surface area contributed by atoms with E-state index >= 15 is 0 Å². The summed E-state index contributed by atoms with van der Waals surface area (Å²) in [5, 5.41) is 11.6. The first-order valence-electron chi connectivity index (χ1n) is 5.39. The van der Waals surface area contributed by atoms with E-state index in [0.717, 1.165) is 26.1 Å². The molecule has 0 aromatic carbocycles. The van der Waals surface area contributed by atoms with Crippen LogP contribution in [0.5, 0.6) is 0 Å². The molecular weight excluding hydrogens is 192 g/mol. The van der Waals surface area contributed by atoms with E-state index in [1.165, 1.54) is 0 Å². The van der Waals surface area contributed by atoms with Crippen molar-refractivity contribution in [3.63, 3.8) is 0 Å². The number of rotatable bonds is 7. The summed E-state index contributed by atoms with van der Waals surface area (Å²) in [4.78, 5) is 4.35. The van der Waals surface area contributed by atoms with Crippen molar-refractivity contribution in [2.45, 2.75) is 26.3 Å². The van der Waals surface area contributed by atoms with Crippen LogP contribution in [0.2, 0.25) is 0 Å². The zero-order valence-corrected chi connectivity index (χ0v) is 10.3. The summed E-state index contributed by atoms with van der Waals surface area (Å²) in [7, 11) is 4.12. The van der Waals surface area contributed by atoms with Crippen molar-refractivity contribution in [2.24, 2.45) is 10.9 Å². The van der Waals surface area contributed by atoms with Crippen LogP contribution in [0.1, 0.15) is 20.3 Å². The first kappa shape index (κ1) is 14.2. The summed E-state index contributed by atoms with van der Waals surface area (Å²) in [5.41, 5.74) is 5.57. The maximum atomic E-state index is 8.59. The Kier molecular flexibility index (Phi) is 7.07. The normalized spacial score (nSPS) is 14.9. The lowest BCUT2D eigenvalue weighted by atomic mass is 10.2. The molecule has 5 heteroatoms. The van der Waals surface area contributed by atoms with Gasteiger partial charge in [-0.05, 0) is 40.5 Å². The van der Waals surface area contributed by atoms with Gasteiger partial charge in [0.25, 0.3) is 0 Å². The average Bonchev–Trinajstić information content (AvgIpc) is 2.22. The monoisotopic (exact) mass is 216 g/mol. The van der Waals surface area contributed by atoms with Crippen LogP contribution in [0, 0.1) is 0 Å². The molecule has 0 rings (SSSR count). The third-order valence-electron chi connectivity index (χ3n) is 2.55. The molecule has 0 saturated heterocycles. The van der Waals surface area contributed by atoms with Crippen LogP contribution in [0.25, 0.3) is 0 Å². The molecule has 0 aliphatic heterocycles. The number of nitrogens with zero attached hydrogens (tertiary/aromatic N) is 3. The molecule has 1 unspecified atom stereocenters. The SMILES string of the molecule is CCN(CCCN(C)C)C(C)C(N)=NO. The Labute approximate surface area is 92.5 Å². The Balaban J connectivity index is 4.01. The highest BCUT2D eigenvalue weighted by Crippen LogP contribution is 2.00. The lowest BCUT2D eigenvalue weighted by molar-refractivity contribution is 0.239. The molecule has 5 nitrogen and oxygen atoms in total. The third kappa shape index (κ3) is 5.59. The lowest BCUT2D eigenvalue weighted by Crippen LogP contribution is -2.43. The van der Waals surface area contributed by atoms with E-state index in [4.69, 9.17) is 10.9 Å². The summed E-state index contributed by atoms with van der Waals surface area (Å²) in [5.74, 6) is 0.279. The second kappa shape index (κ2) is 7.48. The molecule has 0 aromatic rings. The Morgan fingerprint density at radius 3 is 2.40 bits per heavy atom. The molecule has 0 spiro atoms. The molecular formula is C10H24N4O. The molecule has 0 aromatic heterocycles. The van der Waals surface area contributed by atoms with Gasteiger partial charge in [-0.1, -0.05) is 12.1 Å². The second-order valence-electron chi connectivity index (χ2n) is 3.99. The first-order chi connectivity index (χ1) is 7.02. The molecule has 0 aliphatic rings. The van der Waals surface area contributed by atoms with Crippen molar-refractivity contribution in [2.75, 3.05) is 33.7 Å². The lowest BCUT2D eigenvalue weighted by Gasteiger charge is -2.27. The van der Waals surface area contributed by atoms with Crippen LogP contribution >= 0.6 is 0 Å². The van der Waals surface area contributed by atoms with Gasteiger partial charge in [-0.15, -0.1) is 0 Å². The number of nitrogens with two attached hydrogens (primary N) is 1. The molecule has 0 radical (unpaired) electrons. The summed E-state index contributed by atoms with van der Waals surface area (Å²) in [6.45, 7) is 6.96. The van der Waals surface area contributed by atoms with Gasteiger partial charge >= 0.3 is 0 Å². The Hall–Kier alpha value is -0.810. The smallest absolute Gasteiger partial charge is 0.156 e. The standard InChI is InChI=1S/C10H24N4O/c1-5-14(8-6-7-13(3)4)9(2)10(11)12-15/h9,15H,5-8H2,1-4H3,(H2,11,12). The van der Waals surface area contributed by atoms with Crippen LogP contribution < -0.4 is 5.73 Å². The fraction of sp³-hybridized carbons (Fsp3) is 0.900. The Morgan fingerprint density at radius 1 is 1.40 bits per heavy atom. The third-order valence-corrected chi connectivity index (χ3v) is 2.55. The van der Waals surface area contributed by atoms with E-state index in [0.29, 0.717) is 0 Å². The van der Waals surface area contributed by atoms with Gasteiger partial charge in [0.2, 0.25) is 0 Å². The predicted octanol–water partition coefficient (Wildman–Crippen LogP) is 0.395. The number of oxime groups is 1. The Morgan fingerprint density at radius 2 is 2.00 bits per heavy atom. The van der Waals surface area contributed by atoms with Gasteiger partial charge in [0, 0.05) is 6.54 Å². The van der Waals surface area contributed by atoms with E-state index < -0.39 is 0 Å². The molecule has 3 N–H and O–H groups in total. The first-order valence-corrected chi connectivity index (χ1v) is 5.39. The highest BCUT2D eigenvalue weighted by Gasteiger charge is 2.15. The maximum Gasteiger partial charge on any atom is 0.156 e. The molecule has 0 amide bonds. The van der Waals surface area contributed by atoms with E-state index in [2.05, 4.69) is 36.0 Å². The number of hydrogen-bond acceptors (Lipinski definition) is 4. The van der Waals surface area contributed by atoms with Crippen molar-refractivity contribution in [1.29, 1.82) is 0 Å². The molecule has 0 bridgehead atoms. The molecule has 90 valence electrons. The molecule has 0 saturated carbocycles. The van der Waals surface area contributed by atoms with Gasteiger partial charge in [0.05, 0.1) is 6.04 Å². The van der Waals surface area contributed by atoms with Crippen LogP contribution in [0.15, 0.2) is 5.16 Å². The zero-order chi connectivity index (χ0) is 11.8. The summed E-state index contributed by atoms with van der Waals surface area (Å²) in [6, 6.07) is 0.00200. The van der Waals surface area contributed by atoms with Gasteiger partial charge in [0.1, 0.15) is 0 Å². The minimum Gasteiger partial charge on any atom is -0.409 e. The molecule has 0 fully saturated rings. The molecule has 0 aliphatic carbocycles. The molecule has 0 heterocycles. The summed E-state index contributed by atoms with van der Waals surface area (Å²) < 4.78 is 0. The molecule has 15 heavy (non-hydrogen) atoms. The van der Waals surface area contributed by atoms with Crippen molar-refractivity contribution in [3.8, 4) is 0 Å². The van der Waals surface area contributed by atoms with E-state index in [-0.39, 0.29) is 11.9 Å². The topological polar surface area (TPSA) is 65.1 Å². The van der Waals surface area contributed by atoms with E-state index in [1.807, 2.05) is 6.92 Å². The number of amidine groups is 1. The van der Waals surface area contributed by atoms with Gasteiger partial charge in [-0.2, -0.15) is 0 Å². The fourth-order valence-corrected chi connectivity index (χ4v) is 1.49. The minimum atomic E-state index is 0.00200. The van der Waals surface area contributed by atoms with Crippen molar-refractivity contribution in [1.82, 2.24) is 9.80 Å². The fourth-order valence-electron chi connectivity index (χ4n) is 1.49. The minimum absolute atomic E-state index is 0.00200. The van der Waals surface area contributed by atoms with E-state index in [1.54, 1.807) is 0 Å². The quantitative estimate of drug-likeness (QED) is 0.280. The Bertz CT molecular complexity index is 194. The molecule has 1 atom stereocenters. The highest BCUT2D eigenvalue weighted by molar-refractivity contribution is 5.84. The maximum absolute atomic E-state index is 8.59. The van der Waals surface area contributed by atoms with Gasteiger partial charge in [0.15, 0.2) is 5.84 Å². The van der Waals surface area contributed by atoms with Crippen molar-refractivity contribution < 1.29 is 5.21 Å². The highest BCUT2D eigenvalue weighted by atomic mass is 16.4. The van der Waals surface area contributed by atoms with Gasteiger partial charge in [-0.25, -0.2) is 0 Å². The predicted molar refractivity (Wildman–Crippen MR) is 63.3 cm³/mol. The van der Waals surface area contributed by atoms with Crippen molar-refractivity contribution >= 4 is 5.84 Å². The van der Waals surface area contributed by atoms with Crippen LogP contribution in [0.3, 0.4) is 0 Å². The number of likely N-dealkylation sites (N-methyl/N-ethyl adjacent to an activating group) is 1. The largest absolute Gasteiger partial charge is 0.409 e. The zero-order valence-electron chi connectivity index (χ0n) is 10.3. The number of hydrogen-bond donors (Lipinski definition) is 2.